The van der Waals surface area contributed by atoms with Crippen LogP contribution in [0.15, 0.2) is 29.2 Å². The largest absolute Gasteiger partial charge is 0.347 e. The number of piperidine rings is 1. The topological polar surface area (TPSA) is 41.4 Å². The fraction of sp³-hybridized carbons (Fsp3) is 0.529. The molecule has 0 aliphatic carbocycles. The molecule has 3 aliphatic rings. The van der Waals surface area contributed by atoms with Gasteiger partial charge in [0.15, 0.2) is 0 Å². The van der Waals surface area contributed by atoms with E-state index in [-0.39, 0.29) is 5.91 Å². The van der Waals surface area contributed by atoms with Gasteiger partial charge in [-0.1, -0.05) is 0 Å². The second-order valence-corrected chi connectivity index (χ2v) is 7.45. The van der Waals surface area contributed by atoms with Gasteiger partial charge in [-0.25, -0.2) is 4.98 Å². The molecule has 3 saturated heterocycles. The van der Waals surface area contributed by atoms with Crippen molar-refractivity contribution in [2.24, 2.45) is 13.0 Å². The molecule has 0 spiro atoms. The number of aryl methyl sites for hydroxylation is 1. The summed E-state index contributed by atoms with van der Waals surface area (Å²) in [5.41, 5.74) is 3.84. The van der Waals surface area contributed by atoms with Gasteiger partial charge in [-0.15, -0.1) is 11.3 Å². The molecule has 0 unspecified atom stereocenters. The molecule has 5 heterocycles. The molecule has 23 heavy (non-hydrogen) atoms. The Morgan fingerprint density at radius 2 is 2.26 bits per heavy atom. The number of hydrogen-bond donors (Lipinski definition) is 0. The maximum absolute atomic E-state index is 12.9. The Kier molecular flexibility index (Phi) is 3.95. The molecule has 0 saturated carbocycles. The molecule has 6 heteroatoms. The van der Waals surface area contributed by atoms with E-state index in [2.05, 4.69) is 20.2 Å². The number of fused-ring (bicyclic) bond motifs is 4. The SMILES string of the molecule is Cn1cccc1C(=O)N1C[C@@H]2CC[C@H]1CN(Cc1cscn1)C2. The minimum atomic E-state index is 0.183. The molecule has 2 bridgehead atoms. The second kappa shape index (κ2) is 6.09. The highest BCUT2D eigenvalue weighted by atomic mass is 32.1. The first-order valence-corrected chi connectivity index (χ1v) is 9.16. The van der Waals surface area contributed by atoms with Gasteiger partial charge in [-0.05, 0) is 30.9 Å². The summed E-state index contributed by atoms with van der Waals surface area (Å²) in [5, 5.41) is 2.12. The van der Waals surface area contributed by atoms with E-state index in [1.807, 2.05) is 35.5 Å². The van der Waals surface area contributed by atoms with Crippen molar-refractivity contribution in [2.45, 2.75) is 25.4 Å². The first-order valence-electron chi connectivity index (χ1n) is 8.22. The van der Waals surface area contributed by atoms with Gasteiger partial charge in [0, 0.05) is 50.8 Å². The van der Waals surface area contributed by atoms with Crippen LogP contribution < -0.4 is 0 Å². The van der Waals surface area contributed by atoms with Crippen LogP contribution in [0.1, 0.15) is 29.0 Å². The van der Waals surface area contributed by atoms with Crippen LogP contribution in [0.5, 0.6) is 0 Å². The summed E-state index contributed by atoms with van der Waals surface area (Å²) >= 11 is 1.65. The standard InChI is InChI=1S/C17H22N4OS/c1-19-6-2-3-16(19)17(22)21-8-13-4-5-15(21)10-20(7-13)9-14-11-23-12-18-14/h2-3,6,11-13,15H,4-5,7-10H2,1H3/t13-,15+/m1/s1. The molecule has 5 rings (SSSR count). The van der Waals surface area contributed by atoms with Crippen molar-refractivity contribution in [1.82, 2.24) is 19.4 Å². The lowest BCUT2D eigenvalue weighted by Gasteiger charge is -2.36. The molecule has 2 aromatic rings. The minimum absolute atomic E-state index is 0.183. The Morgan fingerprint density at radius 3 is 3.00 bits per heavy atom. The lowest BCUT2D eigenvalue weighted by atomic mass is 9.94. The monoisotopic (exact) mass is 330 g/mol. The summed E-state index contributed by atoms with van der Waals surface area (Å²) in [4.78, 5) is 21.9. The van der Waals surface area contributed by atoms with Crippen molar-refractivity contribution in [3.05, 3.63) is 40.6 Å². The van der Waals surface area contributed by atoms with Crippen LogP contribution in [0.3, 0.4) is 0 Å². The summed E-state index contributed by atoms with van der Waals surface area (Å²) in [5.74, 6) is 0.763. The van der Waals surface area contributed by atoms with Crippen LogP contribution >= 0.6 is 11.3 Å². The molecule has 0 radical (unpaired) electrons. The average molecular weight is 330 g/mol. The molecule has 3 aliphatic heterocycles. The molecule has 3 fully saturated rings. The van der Waals surface area contributed by atoms with Crippen molar-refractivity contribution in [1.29, 1.82) is 0 Å². The molecule has 2 aromatic heterocycles. The highest BCUT2D eigenvalue weighted by Crippen LogP contribution is 2.30. The molecule has 1 amide bonds. The summed E-state index contributed by atoms with van der Waals surface area (Å²) in [6, 6.07) is 4.20. The van der Waals surface area contributed by atoms with E-state index in [9.17, 15) is 4.79 Å². The van der Waals surface area contributed by atoms with Crippen LogP contribution in [0, 0.1) is 5.92 Å². The van der Waals surface area contributed by atoms with E-state index in [1.54, 1.807) is 11.3 Å². The summed E-state index contributed by atoms with van der Waals surface area (Å²) < 4.78 is 1.92. The minimum Gasteiger partial charge on any atom is -0.347 e. The van der Waals surface area contributed by atoms with E-state index in [4.69, 9.17) is 0 Å². The van der Waals surface area contributed by atoms with Crippen molar-refractivity contribution in [2.75, 3.05) is 19.6 Å². The number of aromatic nitrogens is 2. The first-order chi connectivity index (χ1) is 11.2. The van der Waals surface area contributed by atoms with Crippen molar-refractivity contribution < 1.29 is 4.79 Å². The highest BCUT2D eigenvalue weighted by molar-refractivity contribution is 7.07. The van der Waals surface area contributed by atoms with Gasteiger partial charge >= 0.3 is 0 Å². The first kappa shape index (κ1) is 14.9. The number of hydrogen-bond acceptors (Lipinski definition) is 4. The number of amides is 1. The third-order valence-corrected chi connectivity index (χ3v) is 5.72. The Bertz CT molecular complexity index is 681. The van der Waals surface area contributed by atoms with Crippen LogP contribution in [-0.4, -0.2) is 50.9 Å². The number of carbonyl (C=O) groups is 1. The summed E-state index contributed by atoms with van der Waals surface area (Å²) in [6.07, 6.45) is 4.29. The third-order valence-electron chi connectivity index (χ3n) is 5.08. The number of rotatable bonds is 3. The van der Waals surface area contributed by atoms with Crippen LogP contribution in [0.2, 0.25) is 0 Å². The molecule has 5 nitrogen and oxygen atoms in total. The van der Waals surface area contributed by atoms with Gasteiger partial charge in [0.05, 0.1) is 11.2 Å². The van der Waals surface area contributed by atoms with Gasteiger partial charge in [0.2, 0.25) is 0 Å². The zero-order chi connectivity index (χ0) is 15.8. The van der Waals surface area contributed by atoms with Gasteiger partial charge in [-0.3, -0.25) is 9.69 Å². The van der Waals surface area contributed by atoms with Gasteiger partial charge in [-0.2, -0.15) is 0 Å². The predicted octanol–water partition coefficient (Wildman–Crippen LogP) is 2.22. The van der Waals surface area contributed by atoms with Crippen LogP contribution in [0.4, 0.5) is 0 Å². The van der Waals surface area contributed by atoms with Crippen molar-refractivity contribution in [3.63, 3.8) is 0 Å². The summed E-state index contributed by atoms with van der Waals surface area (Å²) in [6.45, 7) is 3.83. The molecule has 0 aromatic carbocycles. The van der Waals surface area contributed by atoms with E-state index < -0.39 is 0 Å². The fourth-order valence-electron chi connectivity index (χ4n) is 3.93. The molecule has 2 atom stereocenters. The van der Waals surface area contributed by atoms with Crippen molar-refractivity contribution in [3.8, 4) is 0 Å². The lowest BCUT2D eigenvalue weighted by molar-refractivity contribution is 0.0575. The molecular weight excluding hydrogens is 308 g/mol. The number of carbonyl (C=O) groups excluding carboxylic acids is 1. The van der Waals surface area contributed by atoms with E-state index in [0.29, 0.717) is 12.0 Å². The zero-order valence-electron chi connectivity index (χ0n) is 13.4. The van der Waals surface area contributed by atoms with Crippen molar-refractivity contribution >= 4 is 17.2 Å². The third kappa shape index (κ3) is 2.93. The van der Waals surface area contributed by atoms with E-state index >= 15 is 0 Å². The average Bonchev–Trinajstić information content (AvgIpc) is 3.11. The molecule has 122 valence electrons. The van der Waals surface area contributed by atoms with Gasteiger partial charge < -0.3 is 9.47 Å². The quantitative estimate of drug-likeness (QED) is 0.866. The zero-order valence-corrected chi connectivity index (χ0v) is 14.2. The Labute approximate surface area is 140 Å². The lowest BCUT2D eigenvalue weighted by Crippen LogP contribution is -2.47. The van der Waals surface area contributed by atoms with Gasteiger partial charge in [0.1, 0.15) is 5.69 Å². The summed E-state index contributed by atoms with van der Waals surface area (Å²) in [7, 11) is 1.94. The maximum Gasteiger partial charge on any atom is 0.270 e. The van der Waals surface area contributed by atoms with Crippen LogP contribution in [0.25, 0.3) is 0 Å². The molecular formula is C17H22N4OS. The van der Waals surface area contributed by atoms with E-state index in [1.165, 1.54) is 6.42 Å². The fourth-order valence-corrected chi connectivity index (χ4v) is 4.48. The Balaban J connectivity index is 1.51. The number of thiazole rings is 1. The predicted molar refractivity (Wildman–Crippen MR) is 90.4 cm³/mol. The van der Waals surface area contributed by atoms with E-state index in [0.717, 1.165) is 44.0 Å². The Morgan fingerprint density at radius 1 is 1.35 bits per heavy atom. The maximum atomic E-state index is 12.9. The molecule has 0 N–H and O–H groups in total. The highest BCUT2D eigenvalue weighted by Gasteiger charge is 2.37. The number of nitrogens with zero attached hydrogens (tertiary/aromatic N) is 4. The van der Waals surface area contributed by atoms with Gasteiger partial charge in [0.25, 0.3) is 5.91 Å². The smallest absolute Gasteiger partial charge is 0.270 e. The second-order valence-electron chi connectivity index (χ2n) is 6.73. The Hall–Kier alpha value is -1.66. The normalized spacial score (nSPS) is 24.8. The van der Waals surface area contributed by atoms with Crippen LogP contribution in [-0.2, 0) is 13.6 Å².